The summed E-state index contributed by atoms with van der Waals surface area (Å²) in [6.45, 7) is 0. The van der Waals surface area contributed by atoms with E-state index >= 15 is 0 Å². The van der Waals surface area contributed by atoms with Gasteiger partial charge in [0.1, 0.15) is 0 Å². The van der Waals surface area contributed by atoms with E-state index in [0.717, 1.165) is 0 Å². The summed E-state index contributed by atoms with van der Waals surface area (Å²) in [5.74, 6) is 0.351. The van der Waals surface area contributed by atoms with Crippen molar-refractivity contribution in [2.45, 2.75) is 5.92 Å². The Morgan fingerprint density at radius 3 is 1.64 bits per heavy atom. The summed E-state index contributed by atoms with van der Waals surface area (Å²) < 4.78 is 0. The minimum Gasteiger partial charge on any atom is -0.378 e. The minimum atomic E-state index is 0.351. The molecule has 108 valence electrons. The average Bonchev–Trinajstić information content (AvgIpc) is 2.89. The number of anilines is 1. The molecule has 0 heterocycles. The molecule has 0 spiro atoms. The monoisotopic (exact) mass is 285 g/mol. The van der Waals surface area contributed by atoms with Crippen LogP contribution in [0.5, 0.6) is 0 Å². The quantitative estimate of drug-likeness (QED) is 0.505. The van der Waals surface area contributed by atoms with Gasteiger partial charge in [-0.25, -0.2) is 0 Å². The molecule has 0 atom stereocenters. The number of fused-ring (bicyclic) bond motifs is 3. The first kappa shape index (κ1) is 13.1. The number of rotatable bonds is 2. The van der Waals surface area contributed by atoms with Crippen molar-refractivity contribution in [3.05, 3.63) is 89.5 Å². The third-order valence-electron chi connectivity index (χ3n) is 4.58. The van der Waals surface area contributed by atoms with E-state index in [1.807, 2.05) is 0 Å². The first-order valence-electron chi connectivity index (χ1n) is 7.71. The topological polar surface area (TPSA) is 3.24 Å². The van der Waals surface area contributed by atoms with Gasteiger partial charge in [-0.2, -0.15) is 0 Å². The SMILES string of the molecule is CN(C)c1ccc(C2c3ccccc3-c3ccccc32)cc1. The predicted octanol–water partition coefficient (Wildman–Crippen LogP) is 4.91. The van der Waals surface area contributed by atoms with Crippen LogP contribution in [0.15, 0.2) is 72.8 Å². The number of nitrogens with zero attached hydrogens (tertiary/aromatic N) is 1. The van der Waals surface area contributed by atoms with E-state index in [-0.39, 0.29) is 0 Å². The molecule has 4 rings (SSSR count). The van der Waals surface area contributed by atoms with Gasteiger partial charge in [0.15, 0.2) is 0 Å². The van der Waals surface area contributed by atoms with Crippen LogP contribution < -0.4 is 4.90 Å². The third kappa shape index (κ3) is 1.93. The van der Waals surface area contributed by atoms with Crippen LogP contribution in [0.3, 0.4) is 0 Å². The van der Waals surface area contributed by atoms with Crippen LogP contribution in [0.1, 0.15) is 22.6 Å². The highest BCUT2D eigenvalue weighted by molar-refractivity contribution is 5.80. The molecule has 0 amide bonds. The van der Waals surface area contributed by atoms with Crippen LogP contribution in [0.2, 0.25) is 0 Å². The smallest absolute Gasteiger partial charge is 0.0361 e. The Hall–Kier alpha value is -2.54. The average molecular weight is 285 g/mol. The number of hydrogen-bond acceptors (Lipinski definition) is 1. The maximum absolute atomic E-state index is 2.26. The maximum atomic E-state index is 2.26. The van der Waals surface area contributed by atoms with Crippen LogP contribution in [-0.4, -0.2) is 14.1 Å². The van der Waals surface area contributed by atoms with Crippen molar-refractivity contribution in [2.75, 3.05) is 19.0 Å². The number of hydrogen-bond donors (Lipinski definition) is 0. The Kier molecular flexibility index (Phi) is 3.00. The van der Waals surface area contributed by atoms with Gasteiger partial charge in [-0.3, -0.25) is 0 Å². The van der Waals surface area contributed by atoms with Gasteiger partial charge < -0.3 is 4.90 Å². The summed E-state index contributed by atoms with van der Waals surface area (Å²) in [5.41, 5.74) is 8.19. The molecule has 0 saturated carbocycles. The van der Waals surface area contributed by atoms with E-state index in [2.05, 4.69) is 91.8 Å². The van der Waals surface area contributed by atoms with Crippen LogP contribution in [0, 0.1) is 0 Å². The van der Waals surface area contributed by atoms with Gasteiger partial charge in [0.05, 0.1) is 0 Å². The Morgan fingerprint density at radius 2 is 1.14 bits per heavy atom. The molecule has 1 aliphatic rings. The van der Waals surface area contributed by atoms with Gasteiger partial charge in [-0.1, -0.05) is 60.7 Å². The van der Waals surface area contributed by atoms with E-state index < -0.39 is 0 Å². The molecular weight excluding hydrogens is 266 g/mol. The largest absolute Gasteiger partial charge is 0.378 e. The highest BCUT2D eigenvalue weighted by atomic mass is 15.1. The third-order valence-corrected chi connectivity index (χ3v) is 4.58. The molecule has 22 heavy (non-hydrogen) atoms. The Labute approximate surface area is 131 Å². The first-order chi connectivity index (χ1) is 10.8. The van der Waals surface area contributed by atoms with Crippen molar-refractivity contribution in [1.82, 2.24) is 0 Å². The summed E-state index contributed by atoms with van der Waals surface area (Å²) in [6, 6.07) is 26.5. The van der Waals surface area contributed by atoms with Crippen molar-refractivity contribution in [1.29, 1.82) is 0 Å². The molecule has 1 heteroatoms. The fraction of sp³-hybridized carbons (Fsp3) is 0.143. The molecule has 0 aliphatic heterocycles. The second kappa shape index (κ2) is 5.03. The lowest BCUT2D eigenvalue weighted by Gasteiger charge is -2.17. The van der Waals surface area contributed by atoms with E-state index in [1.165, 1.54) is 33.5 Å². The second-order valence-corrected chi connectivity index (χ2v) is 6.09. The molecule has 0 N–H and O–H groups in total. The summed E-state index contributed by atoms with van der Waals surface area (Å²) in [5, 5.41) is 0. The summed E-state index contributed by atoms with van der Waals surface area (Å²) in [6.07, 6.45) is 0. The Bertz CT molecular complexity index is 770. The lowest BCUT2D eigenvalue weighted by Crippen LogP contribution is -2.08. The fourth-order valence-corrected chi connectivity index (χ4v) is 3.48. The molecule has 0 unspecified atom stereocenters. The van der Waals surface area contributed by atoms with Crippen LogP contribution >= 0.6 is 0 Å². The van der Waals surface area contributed by atoms with E-state index in [9.17, 15) is 0 Å². The lowest BCUT2D eigenvalue weighted by molar-refractivity contribution is 1.01. The van der Waals surface area contributed by atoms with Gasteiger partial charge in [0.25, 0.3) is 0 Å². The van der Waals surface area contributed by atoms with Gasteiger partial charge >= 0.3 is 0 Å². The summed E-state index contributed by atoms with van der Waals surface area (Å²) in [7, 11) is 4.16. The normalized spacial score (nSPS) is 12.8. The zero-order valence-electron chi connectivity index (χ0n) is 13.0. The lowest BCUT2D eigenvalue weighted by atomic mass is 9.89. The highest BCUT2D eigenvalue weighted by Crippen LogP contribution is 2.47. The first-order valence-corrected chi connectivity index (χ1v) is 7.71. The van der Waals surface area contributed by atoms with Gasteiger partial charge in [-0.15, -0.1) is 0 Å². The van der Waals surface area contributed by atoms with Crippen molar-refractivity contribution in [3.63, 3.8) is 0 Å². The Morgan fingerprint density at radius 1 is 0.636 bits per heavy atom. The minimum absolute atomic E-state index is 0.351. The van der Waals surface area contributed by atoms with Gasteiger partial charge in [-0.05, 0) is 39.9 Å². The molecule has 0 bridgehead atoms. The van der Waals surface area contributed by atoms with E-state index in [4.69, 9.17) is 0 Å². The van der Waals surface area contributed by atoms with Crippen molar-refractivity contribution in [3.8, 4) is 11.1 Å². The number of benzene rings is 3. The molecule has 0 fully saturated rings. The summed E-state index contributed by atoms with van der Waals surface area (Å²) in [4.78, 5) is 2.14. The van der Waals surface area contributed by atoms with Crippen molar-refractivity contribution >= 4 is 5.69 Å². The molecule has 0 radical (unpaired) electrons. The van der Waals surface area contributed by atoms with E-state index in [1.54, 1.807) is 0 Å². The fourth-order valence-electron chi connectivity index (χ4n) is 3.48. The van der Waals surface area contributed by atoms with Gasteiger partial charge in [0, 0.05) is 25.7 Å². The van der Waals surface area contributed by atoms with Crippen LogP contribution in [0.4, 0.5) is 5.69 Å². The molecule has 0 aromatic heterocycles. The van der Waals surface area contributed by atoms with Crippen LogP contribution in [-0.2, 0) is 0 Å². The highest BCUT2D eigenvalue weighted by Gasteiger charge is 2.28. The summed E-state index contributed by atoms with van der Waals surface area (Å²) >= 11 is 0. The van der Waals surface area contributed by atoms with E-state index in [0.29, 0.717) is 5.92 Å². The van der Waals surface area contributed by atoms with Gasteiger partial charge in [0.2, 0.25) is 0 Å². The molecule has 0 saturated heterocycles. The zero-order chi connectivity index (χ0) is 15.1. The Balaban J connectivity index is 1.88. The van der Waals surface area contributed by atoms with Crippen molar-refractivity contribution in [2.24, 2.45) is 0 Å². The van der Waals surface area contributed by atoms with Crippen molar-refractivity contribution < 1.29 is 0 Å². The van der Waals surface area contributed by atoms with Crippen LogP contribution in [0.25, 0.3) is 11.1 Å². The molecule has 3 aromatic rings. The molecular formula is C21H19N. The molecule has 3 aromatic carbocycles. The maximum Gasteiger partial charge on any atom is 0.0361 e. The standard InChI is InChI=1S/C21H19N/c1-22(2)16-13-11-15(12-14-16)21-19-9-5-3-7-17(19)18-8-4-6-10-20(18)21/h3-14,21H,1-2H3. The zero-order valence-corrected chi connectivity index (χ0v) is 13.0. The molecule has 1 nitrogen and oxygen atoms in total. The second-order valence-electron chi connectivity index (χ2n) is 6.09. The molecule has 1 aliphatic carbocycles. The predicted molar refractivity (Wildman–Crippen MR) is 93.6 cm³/mol.